The van der Waals surface area contributed by atoms with Crippen molar-refractivity contribution in [3.8, 4) is 0 Å². The summed E-state index contributed by atoms with van der Waals surface area (Å²) in [5.41, 5.74) is 0.337. The van der Waals surface area contributed by atoms with Crippen LogP contribution in [-0.2, 0) is 4.79 Å². The van der Waals surface area contributed by atoms with E-state index in [4.69, 9.17) is 7.85 Å². The van der Waals surface area contributed by atoms with Crippen LogP contribution in [0.15, 0.2) is 23.5 Å². The van der Waals surface area contributed by atoms with Gasteiger partial charge < -0.3 is 5.11 Å². The summed E-state index contributed by atoms with van der Waals surface area (Å²) in [5.74, 6) is -0.224. The summed E-state index contributed by atoms with van der Waals surface area (Å²) in [6, 6.07) is 0. The van der Waals surface area contributed by atoms with Gasteiger partial charge in [0.1, 0.15) is 5.76 Å². The molecule has 0 fully saturated rings. The number of allylic oxidation sites excluding steroid dienone is 3. The maximum Gasteiger partial charge on any atom is 0.163 e. The van der Waals surface area contributed by atoms with Gasteiger partial charge in [-0.2, -0.15) is 0 Å². The third-order valence-electron chi connectivity index (χ3n) is 1.62. The standard InChI is InChI=1S/C8H9BO2/c1-5(10)7-4-6(9)2-3-8(7)11/h3-4,6,11H,2H2,1H3. The molecule has 0 aliphatic heterocycles. The van der Waals surface area contributed by atoms with E-state index in [1.807, 2.05) is 0 Å². The molecule has 2 radical (unpaired) electrons. The van der Waals surface area contributed by atoms with Gasteiger partial charge in [0.15, 0.2) is 5.78 Å². The lowest BCUT2D eigenvalue weighted by Crippen LogP contribution is -2.06. The smallest absolute Gasteiger partial charge is 0.163 e. The molecule has 0 bridgehead atoms. The molecule has 0 aromatic rings. The van der Waals surface area contributed by atoms with Gasteiger partial charge in [0.25, 0.3) is 0 Å². The van der Waals surface area contributed by atoms with E-state index >= 15 is 0 Å². The van der Waals surface area contributed by atoms with Crippen LogP contribution in [0.2, 0.25) is 5.82 Å². The van der Waals surface area contributed by atoms with E-state index in [1.165, 1.54) is 6.92 Å². The third-order valence-corrected chi connectivity index (χ3v) is 1.62. The average Bonchev–Trinajstić information content (AvgIpc) is 1.94. The van der Waals surface area contributed by atoms with Crippen molar-refractivity contribution < 1.29 is 9.90 Å². The molecule has 0 aromatic carbocycles. The lowest BCUT2D eigenvalue weighted by atomic mass is 9.79. The topological polar surface area (TPSA) is 37.3 Å². The van der Waals surface area contributed by atoms with Crippen LogP contribution in [-0.4, -0.2) is 18.7 Å². The Morgan fingerprint density at radius 3 is 2.91 bits per heavy atom. The molecule has 0 aromatic heterocycles. The van der Waals surface area contributed by atoms with Crippen LogP contribution in [0.4, 0.5) is 0 Å². The Morgan fingerprint density at radius 1 is 1.82 bits per heavy atom. The molecule has 3 heteroatoms. The van der Waals surface area contributed by atoms with Gasteiger partial charge in [-0.25, -0.2) is 0 Å². The predicted octanol–water partition coefficient (Wildman–Crippen LogP) is 1.30. The molecular formula is C8H9BO2. The quantitative estimate of drug-likeness (QED) is 0.569. The van der Waals surface area contributed by atoms with E-state index in [0.29, 0.717) is 12.0 Å². The SMILES string of the molecule is [B]C1C=C(C(C)=O)C(O)=CC1. The molecule has 56 valence electrons. The molecule has 0 saturated heterocycles. The van der Waals surface area contributed by atoms with Crippen molar-refractivity contribution in [2.24, 2.45) is 0 Å². The molecule has 1 N–H and O–H groups in total. The second-order valence-corrected chi connectivity index (χ2v) is 2.63. The molecule has 0 amide bonds. The molecule has 1 unspecified atom stereocenters. The number of rotatable bonds is 1. The highest BCUT2D eigenvalue weighted by atomic mass is 16.3. The van der Waals surface area contributed by atoms with E-state index in [2.05, 4.69) is 0 Å². The Kier molecular flexibility index (Phi) is 2.18. The highest BCUT2D eigenvalue weighted by Gasteiger charge is 2.14. The molecule has 1 rings (SSSR count). The van der Waals surface area contributed by atoms with E-state index in [9.17, 15) is 9.90 Å². The normalized spacial score (nSPS) is 23.9. The summed E-state index contributed by atoms with van der Waals surface area (Å²) in [7, 11) is 5.54. The Morgan fingerprint density at radius 2 is 2.45 bits per heavy atom. The number of hydrogen-bond donors (Lipinski definition) is 1. The molecular weight excluding hydrogens is 139 g/mol. The van der Waals surface area contributed by atoms with Crippen molar-refractivity contribution in [3.63, 3.8) is 0 Å². The van der Waals surface area contributed by atoms with Crippen molar-refractivity contribution in [2.45, 2.75) is 19.2 Å². The fourth-order valence-corrected chi connectivity index (χ4v) is 1.02. The number of hydrogen-bond acceptors (Lipinski definition) is 2. The first-order valence-corrected chi connectivity index (χ1v) is 3.49. The molecule has 1 atom stereocenters. The highest BCUT2D eigenvalue weighted by Crippen LogP contribution is 2.23. The summed E-state index contributed by atoms with van der Waals surface area (Å²) in [6.45, 7) is 1.41. The van der Waals surface area contributed by atoms with Gasteiger partial charge in [-0.1, -0.05) is 11.9 Å². The zero-order valence-electron chi connectivity index (χ0n) is 6.37. The van der Waals surface area contributed by atoms with E-state index in [1.54, 1.807) is 12.2 Å². The molecule has 0 heterocycles. The molecule has 1 aliphatic carbocycles. The van der Waals surface area contributed by atoms with Crippen molar-refractivity contribution in [3.05, 3.63) is 23.5 Å². The van der Waals surface area contributed by atoms with Gasteiger partial charge >= 0.3 is 0 Å². The first kappa shape index (κ1) is 8.11. The monoisotopic (exact) mass is 148 g/mol. The Balaban J connectivity index is 2.90. The summed E-state index contributed by atoms with van der Waals surface area (Å²) in [4.78, 5) is 10.8. The van der Waals surface area contributed by atoms with E-state index in [-0.39, 0.29) is 17.4 Å². The second kappa shape index (κ2) is 2.95. The van der Waals surface area contributed by atoms with Crippen LogP contribution >= 0.6 is 0 Å². The number of carbonyl (C=O) groups is 1. The molecule has 0 saturated carbocycles. The highest BCUT2D eigenvalue weighted by molar-refractivity contribution is 6.14. The average molecular weight is 148 g/mol. The number of ketones is 1. The molecule has 11 heavy (non-hydrogen) atoms. The van der Waals surface area contributed by atoms with Crippen molar-refractivity contribution in [2.75, 3.05) is 0 Å². The number of carbonyl (C=O) groups excluding carboxylic acids is 1. The van der Waals surface area contributed by atoms with E-state index < -0.39 is 0 Å². The number of aliphatic hydroxyl groups excluding tert-OH is 1. The van der Waals surface area contributed by atoms with Crippen LogP contribution in [0.5, 0.6) is 0 Å². The van der Waals surface area contributed by atoms with Crippen molar-refractivity contribution in [1.29, 1.82) is 0 Å². The maximum atomic E-state index is 10.8. The summed E-state index contributed by atoms with van der Waals surface area (Å²) in [5, 5.41) is 9.17. The van der Waals surface area contributed by atoms with Crippen LogP contribution in [0.3, 0.4) is 0 Å². The van der Waals surface area contributed by atoms with Crippen LogP contribution in [0.25, 0.3) is 0 Å². The lowest BCUT2D eigenvalue weighted by molar-refractivity contribution is -0.113. The van der Waals surface area contributed by atoms with Crippen molar-refractivity contribution in [1.82, 2.24) is 0 Å². The molecule has 2 nitrogen and oxygen atoms in total. The molecule has 1 aliphatic rings. The number of Topliss-reactive ketones (excluding diaryl/α,β-unsaturated/α-hetero) is 1. The first-order chi connectivity index (χ1) is 5.11. The summed E-state index contributed by atoms with van der Waals surface area (Å²) in [6.07, 6.45) is 3.77. The van der Waals surface area contributed by atoms with Crippen LogP contribution in [0.1, 0.15) is 13.3 Å². The third kappa shape index (κ3) is 1.73. The lowest BCUT2D eigenvalue weighted by Gasteiger charge is -2.13. The van der Waals surface area contributed by atoms with Crippen molar-refractivity contribution >= 4 is 13.6 Å². The minimum Gasteiger partial charge on any atom is -0.508 e. The van der Waals surface area contributed by atoms with Gasteiger partial charge in [-0.15, -0.1) is 0 Å². The molecule has 0 spiro atoms. The second-order valence-electron chi connectivity index (χ2n) is 2.63. The zero-order valence-corrected chi connectivity index (χ0v) is 6.37. The van der Waals surface area contributed by atoms with Gasteiger partial charge in [-0.3, -0.25) is 4.79 Å². The maximum absolute atomic E-state index is 10.8. The van der Waals surface area contributed by atoms with E-state index in [0.717, 1.165) is 0 Å². The Hall–Kier alpha value is -0.985. The van der Waals surface area contributed by atoms with Crippen LogP contribution in [0, 0.1) is 0 Å². The minimum absolute atomic E-state index is 0.0548. The van der Waals surface area contributed by atoms with Gasteiger partial charge in [0.05, 0.1) is 13.4 Å². The van der Waals surface area contributed by atoms with Gasteiger partial charge in [0, 0.05) is 0 Å². The van der Waals surface area contributed by atoms with Gasteiger partial charge in [-0.05, 0) is 19.4 Å². The predicted molar refractivity (Wildman–Crippen MR) is 43.6 cm³/mol. The van der Waals surface area contributed by atoms with Gasteiger partial charge in [0.2, 0.25) is 0 Å². The summed E-state index contributed by atoms with van der Waals surface area (Å²) < 4.78 is 0. The Labute approximate surface area is 67.0 Å². The minimum atomic E-state index is -0.145. The fourth-order valence-electron chi connectivity index (χ4n) is 1.02. The summed E-state index contributed by atoms with van der Waals surface area (Å²) >= 11 is 0. The largest absolute Gasteiger partial charge is 0.508 e. The fraction of sp³-hybridized carbons (Fsp3) is 0.375. The number of aliphatic hydroxyl groups is 1. The first-order valence-electron chi connectivity index (χ1n) is 3.49. The zero-order chi connectivity index (χ0) is 8.43. The van der Waals surface area contributed by atoms with Crippen LogP contribution < -0.4 is 0 Å². The Bertz CT molecular complexity index is 240.